The molecule has 19 heteroatoms. The van der Waals surface area contributed by atoms with E-state index in [1.165, 1.54) is 46.8 Å². The molecule has 5 atom stereocenters. The molecule has 1 saturated heterocycles. The molecule has 0 N–H and O–H groups in total. The predicted molar refractivity (Wildman–Crippen MR) is 403 cm³/mol. The van der Waals surface area contributed by atoms with Crippen LogP contribution in [-0.2, 0) is 0 Å². The van der Waals surface area contributed by atoms with Crippen molar-refractivity contribution in [1.29, 1.82) is 0 Å². The van der Waals surface area contributed by atoms with Crippen LogP contribution < -0.4 is 34.3 Å². The van der Waals surface area contributed by atoms with Crippen molar-refractivity contribution in [3.63, 3.8) is 0 Å². The molecule has 0 aliphatic carbocycles. The van der Waals surface area contributed by atoms with Gasteiger partial charge in [0.15, 0.2) is 51.7 Å². The van der Waals surface area contributed by atoms with Crippen LogP contribution in [0.25, 0.3) is 66.2 Å². The molecule has 13 aromatic rings. The number of hydrogen-bond donors (Lipinski definition) is 0. The van der Waals surface area contributed by atoms with E-state index in [0.717, 1.165) is 94.6 Å². The van der Waals surface area contributed by atoms with Crippen LogP contribution in [0.15, 0.2) is 147 Å². The maximum atomic E-state index is 8.75. The van der Waals surface area contributed by atoms with Crippen molar-refractivity contribution < 1.29 is 24.2 Å². The molecule has 1 fully saturated rings. The molecule has 19 nitrogen and oxygen atoms in total. The summed E-state index contributed by atoms with van der Waals surface area (Å²) in [7, 11) is 0. The number of furan rings is 3. The Hall–Kier alpha value is -10.4. The number of nitrogens with zero attached hydrogens (tertiary/aromatic N) is 16. The zero-order valence-corrected chi connectivity index (χ0v) is 59.6. The summed E-state index contributed by atoms with van der Waals surface area (Å²) in [6, 6.07) is 30.7. The van der Waals surface area contributed by atoms with E-state index in [1.807, 2.05) is 132 Å². The summed E-state index contributed by atoms with van der Waals surface area (Å²) in [5.41, 5.74) is 15.3. The van der Waals surface area contributed by atoms with Crippen LogP contribution in [0, 0.1) is 53.9 Å². The van der Waals surface area contributed by atoms with E-state index < -0.39 is 38.2 Å². The molecule has 4 aliphatic heterocycles. The minimum Gasteiger partial charge on any atom is -0.435 e. The second-order valence-electron chi connectivity index (χ2n) is 28.1. The molecule has 508 valence electrons. The standard InChI is InChI=1S/2C22H23N5O.C20H19N5O.C16H25N/c2*1-12(2)26-15(5)27(21-20(26)23-10-11-24-21)18-13(3)6-8-16-17-9-7-14(4)25-22(17)28-19(16)18;1-11-5-7-14-15-8-6-12(2)23-20(15)26-17(14)16(11)25-13(3)24(4)18-19(25)22-10-9-21-18;1-12-9-7-8-10-14(12)17-13(2)15(3,4)11-16(17,5)6/h2*6-12,15H,1-5H3;5-10,13H,1-4H3;7-10,13H,11H2,1-6H3/i1D3,12D;12D;4D3;. The van der Waals surface area contributed by atoms with Crippen LogP contribution in [0.3, 0.4) is 0 Å². The second kappa shape index (κ2) is 24.8. The number of fused-ring (bicyclic) bond motifs is 12. The van der Waals surface area contributed by atoms with E-state index in [0.29, 0.717) is 68.9 Å². The monoisotopic (exact) mass is 1330 g/mol. The fourth-order valence-corrected chi connectivity index (χ4v) is 15.5. The summed E-state index contributed by atoms with van der Waals surface area (Å²) in [4.78, 5) is 53.9. The fourth-order valence-electron chi connectivity index (χ4n) is 15.5. The molecule has 17 rings (SSSR count). The first-order chi connectivity index (χ1) is 50.3. The molecule has 4 aliphatic rings. The zero-order valence-electron chi connectivity index (χ0n) is 67.6. The Morgan fingerprint density at radius 2 is 0.798 bits per heavy atom. The SMILES string of the molecule is Cc1ccccc1N1C(C)C(C)(C)CC1(C)C.[2H]C(C)(C)N1c2nccnc2N(c2c(C)ccc3c2oc2nc(C)ccc23)C1C.[2H]C([2H])([2H])C([2H])(C)N1c2nccnc2N(c2c(C)ccc3c2oc2nc(C)ccc23)C1C.[2H]C([2H])([2H])N1c2nccnc2N(c2c(C)ccc3c2oc2nc(C)ccc23)C1C. The molecule has 0 bridgehead atoms. The van der Waals surface area contributed by atoms with Crippen LogP contribution in [0.5, 0.6) is 0 Å². The minimum absolute atomic E-state index is 0.146. The lowest BCUT2D eigenvalue weighted by molar-refractivity contribution is 0.329. The second-order valence-corrected chi connectivity index (χ2v) is 28.1. The van der Waals surface area contributed by atoms with Crippen LogP contribution in [-0.4, -0.2) is 93.9 Å². The zero-order chi connectivity index (χ0) is 76.8. The van der Waals surface area contributed by atoms with E-state index in [-0.39, 0.29) is 11.7 Å². The van der Waals surface area contributed by atoms with Crippen molar-refractivity contribution in [2.45, 2.75) is 180 Å². The highest BCUT2D eigenvalue weighted by molar-refractivity contribution is 6.12. The normalized spacial score (nSPS) is 20.4. The van der Waals surface area contributed by atoms with Crippen LogP contribution in [0.2, 0.25) is 0 Å². The van der Waals surface area contributed by atoms with Gasteiger partial charge in [-0.3, -0.25) is 14.7 Å². The molecule has 4 aromatic carbocycles. The number of benzene rings is 4. The Balaban J connectivity index is 0.000000122. The number of para-hydroxylation sites is 1. The molecule has 13 heterocycles. The van der Waals surface area contributed by atoms with Crippen molar-refractivity contribution >= 4 is 124 Å². The molecule has 5 unspecified atom stereocenters. The Bertz CT molecular complexity index is 5430. The Morgan fingerprint density at radius 3 is 1.17 bits per heavy atom. The van der Waals surface area contributed by atoms with Crippen LogP contribution in [0.4, 0.5) is 57.7 Å². The first-order valence-corrected chi connectivity index (χ1v) is 33.7. The smallest absolute Gasteiger partial charge is 0.227 e. The number of aromatic nitrogens is 9. The summed E-state index contributed by atoms with van der Waals surface area (Å²) in [6.45, 7) is 31.8. The minimum atomic E-state index is -2.56. The highest BCUT2D eigenvalue weighted by atomic mass is 16.3. The Morgan fingerprint density at radius 1 is 0.434 bits per heavy atom. The Labute approximate surface area is 590 Å². The summed E-state index contributed by atoms with van der Waals surface area (Å²) >= 11 is 0. The lowest BCUT2D eigenvalue weighted by Crippen LogP contribution is -2.43. The van der Waals surface area contributed by atoms with Gasteiger partial charge in [0.25, 0.3) is 0 Å². The largest absolute Gasteiger partial charge is 0.435 e. The van der Waals surface area contributed by atoms with Gasteiger partial charge in [-0.05, 0) is 194 Å². The third-order valence-corrected chi connectivity index (χ3v) is 20.1. The number of rotatable bonds is 6. The average molecular weight is 1330 g/mol. The van der Waals surface area contributed by atoms with Gasteiger partial charge >= 0.3 is 0 Å². The maximum Gasteiger partial charge on any atom is 0.227 e. The van der Waals surface area contributed by atoms with Gasteiger partial charge in [0.2, 0.25) is 17.1 Å². The van der Waals surface area contributed by atoms with E-state index in [2.05, 4.69) is 153 Å². The summed E-state index contributed by atoms with van der Waals surface area (Å²) < 4.78 is 84.1. The molecule has 99 heavy (non-hydrogen) atoms. The lowest BCUT2D eigenvalue weighted by atomic mass is 9.82. The van der Waals surface area contributed by atoms with Crippen molar-refractivity contribution in [3.8, 4) is 0 Å². The maximum absolute atomic E-state index is 8.75. The molecule has 0 spiro atoms. The molecule has 9 aromatic heterocycles. The number of hydrogen-bond acceptors (Lipinski definition) is 19. The van der Waals surface area contributed by atoms with Gasteiger partial charge < -0.3 is 32.9 Å². The number of anilines is 10. The van der Waals surface area contributed by atoms with E-state index in [9.17, 15) is 0 Å². The summed E-state index contributed by atoms with van der Waals surface area (Å²) in [5.74, 6) is 3.12. The molecule has 0 saturated carbocycles. The van der Waals surface area contributed by atoms with E-state index in [4.69, 9.17) is 24.2 Å². The molecule has 0 radical (unpaired) electrons. The van der Waals surface area contributed by atoms with Gasteiger partial charge in [0, 0.05) is 131 Å². The van der Waals surface area contributed by atoms with E-state index in [1.54, 1.807) is 24.8 Å². The molecule has 0 amide bonds. The number of pyridine rings is 3. The average Bonchev–Trinajstić information content (AvgIpc) is 1.61. The van der Waals surface area contributed by atoms with Crippen LogP contribution >= 0.6 is 0 Å². The highest BCUT2D eigenvalue weighted by Gasteiger charge is 2.49. The highest BCUT2D eigenvalue weighted by Crippen LogP contribution is 2.52. The van der Waals surface area contributed by atoms with Crippen molar-refractivity contribution in [2.24, 2.45) is 5.41 Å². The quantitative estimate of drug-likeness (QED) is 0.153. The van der Waals surface area contributed by atoms with E-state index >= 15 is 0 Å². The van der Waals surface area contributed by atoms with Crippen molar-refractivity contribution in [2.75, 3.05) is 41.3 Å². The van der Waals surface area contributed by atoms with Gasteiger partial charge in [0.05, 0.1) is 19.8 Å². The third kappa shape index (κ3) is 11.0. The molecular weight excluding hydrogens is 1230 g/mol. The predicted octanol–water partition coefficient (Wildman–Crippen LogP) is 18.9. The first-order valence-electron chi connectivity index (χ1n) is 37.7. The van der Waals surface area contributed by atoms with Gasteiger partial charge in [-0.25, -0.2) is 44.9 Å². The van der Waals surface area contributed by atoms with Crippen LogP contribution in [0.1, 0.15) is 140 Å². The summed E-state index contributed by atoms with van der Waals surface area (Å²) in [6.07, 6.45) is 9.57. The fraction of sp³-hybridized carbons (Fsp3) is 0.362. The summed E-state index contributed by atoms with van der Waals surface area (Å²) in [5, 5.41) is 5.69. The third-order valence-electron chi connectivity index (χ3n) is 20.1. The van der Waals surface area contributed by atoms with Gasteiger partial charge in [-0.2, -0.15) is 0 Å². The number of aryl methyl sites for hydroxylation is 7. The Kier molecular flexibility index (Phi) is 14.2. The van der Waals surface area contributed by atoms with Gasteiger partial charge in [-0.1, -0.05) is 68.4 Å². The van der Waals surface area contributed by atoms with Crippen molar-refractivity contribution in [1.82, 2.24) is 44.9 Å². The molecular formula is C80H90N16O3. The first kappa shape index (κ1) is 56.6. The van der Waals surface area contributed by atoms with Gasteiger partial charge in [-0.15, -0.1) is 0 Å². The topological polar surface area (TPSA) is 178 Å². The van der Waals surface area contributed by atoms with Crippen molar-refractivity contribution in [3.05, 3.63) is 174 Å². The van der Waals surface area contributed by atoms with Gasteiger partial charge in [0.1, 0.15) is 18.5 Å². The lowest BCUT2D eigenvalue weighted by Gasteiger charge is -2.38.